The van der Waals surface area contributed by atoms with Gasteiger partial charge in [0.2, 0.25) is 0 Å². The number of carbonyl (C=O) groups is 1. The summed E-state index contributed by atoms with van der Waals surface area (Å²) in [6, 6.07) is 20.5. The van der Waals surface area contributed by atoms with E-state index in [1.165, 1.54) is 10.8 Å². The number of hydrogen-bond donors (Lipinski definition) is 0. The monoisotopic (exact) mass is 246 g/mol. The first-order chi connectivity index (χ1) is 9.28. The topological polar surface area (TPSA) is 17.1 Å². The Kier molecular flexibility index (Phi) is 2.88. The summed E-state index contributed by atoms with van der Waals surface area (Å²) >= 11 is 0. The maximum absolute atomic E-state index is 11.2. The van der Waals surface area contributed by atoms with Crippen LogP contribution in [0.5, 0.6) is 0 Å². The molecule has 0 heterocycles. The molecule has 0 saturated heterocycles. The van der Waals surface area contributed by atoms with Gasteiger partial charge < -0.3 is 0 Å². The number of rotatable bonds is 2. The maximum atomic E-state index is 11.2. The van der Waals surface area contributed by atoms with Crippen molar-refractivity contribution in [2.45, 2.75) is 6.92 Å². The molecule has 3 aromatic rings. The maximum Gasteiger partial charge on any atom is 0.150 e. The molecule has 0 atom stereocenters. The normalized spacial score (nSPS) is 10.6. The fraction of sp³-hybridized carbons (Fsp3) is 0.0556. The van der Waals surface area contributed by atoms with Crippen LogP contribution in [0.25, 0.3) is 21.9 Å². The van der Waals surface area contributed by atoms with Gasteiger partial charge >= 0.3 is 0 Å². The number of carbonyl (C=O) groups excluding carboxylic acids is 1. The molecule has 1 nitrogen and oxygen atoms in total. The lowest BCUT2D eigenvalue weighted by molar-refractivity contribution is 0.112. The van der Waals surface area contributed by atoms with E-state index >= 15 is 0 Å². The van der Waals surface area contributed by atoms with Gasteiger partial charge in [-0.1, -0.05) is 54.1 Å². The van der Waals surface area contributed by atoms with Crippen LogP contribution >= 0.6 is 0 Å². The molecule has 3 rings (SSSR count). The Labute approximate surface area is 112 Å². The lowest BCUT2D eigenvalue weighted by atomic mass is 9.96. The smallest absolute Gasteiger partial charge is 0.150 e. The second-order valence-corrected chi connectivity index (χ2v) is 4.77. The molecule has 92 valence electrons. The van der Waals surface area contributed by atoms with Crippen LogP contribution in [0.1, 0.15) is 15.9 Å². The van der Waals surface area contributed by atoms with Gasteiger partial charge in [0.05, 0.1) is 0 Å². The molecule has 0 aromatic heterocycles. The lowest BCUT2D eigenvalue weighted by Crippen LogP contribution is -1.89. The largest absolute Gasteiger partial charge is 0.298 e. The molecule has 0 unspecified atom stereocenters. The number of benzene rings is 3. The summed E-state index contributed by atoms with van der Waals surface area (Å²) in [5, 5.41) is 2.41. The van der Waals surface area contributed by atoms with Crippen LogP contribution in [0.2, 0.25) is 0 Å². The number of aryl methyl sites for hydroxylation is 1. The summed E-state index contributed by atoms with van der Waals surface area (Å²) in [5.41, 5.74) is 3.93. The molecule has 0 spiro atoms. The predicted octanol–water partition coefficient (Wildman–Crippen LogP) is 4.63. The minimum absolute atomic E-state index is 0.746. The van der Waals surface area contributed by atoms with Gasteiger partial charge in [-0.25, -0.2) is 0 Å². The minimum atomic E-state index is 0.746. The molecule has 3 aromatic carbocycles. The van der Waals surface area contributed by atoms with Crippen LogP contribution in [-0.4, -0.2) is 6.29 Å². The third-order valence-corrected chi connectivity index (χ3v) is 3.39. The van der Waals surface area contributed by atoms with Gasteiger partial charge in [0.15, 0.2) is 6.29 Å². The molecular formula is C18H14O. The zero-order valence-corrected chi connectivity index (χ0v) is 10.8. The molecule has 0 bridgehead atoms. The van der Waals surface area contributed by atoms with Crippen molar-refractivity contribution in [1.82, 2.24) is 0 Å². The minimum Gasteiger partial charge on any atom is -0.298 e. The van der Waals surface area contributed by atoms with Crippen LogP contribution < -0.4 is 0 Å². The third kappa shape index (κ3) is 2.15. The quantitative estimate of drug-likeness (QED) is 0.602. The average Bonchev–Trinajstić information content (AvgIpc) is 2.46. The summed E-state index contributed by atoms with van der Waals surface area (Å²) in [5.74, 6) is 0. The first-order valence-corrected chi connectivity index (χ1v) is 6.33. The molecule has 0 aliphatic rings. The van der Waals surface area contributed by atoms with Crippen molar-refractivity contribution in [1.29, 1.82) is 0 Å². The molecule has 0 aliphatic carbocycles. The highest BCUT2D eigenvalue weighted by Crippen LogP contribution is 2.27. The molecule has 0 fully saturated rings. The fourth-order valence-electron chi connectivity index (χ4n) is 2.40. The van der Waals surface area contributed by atoms with Crippen molar-refractivity contribution in [3.8, 4) is 11.1 Å². The summed E-state index contributed by atoms with van der Waals surface area (Å²) in [6.07, 6.45) is 0.928. The van der Waals surface area contributed by atoms with E-state index in [2.05, 4.69) is 30.3 Å². The zero-order valence-electron chi connectivity index (χ0n) is 10.8. The Balaban J connectivity index is 2.21. The Morgan fingerprint density at radius 1 is 0.842 bits per heavy atom. The fourth-order valence-corrected chi connectivity index (χ4v) is 2.40. The van der Waals surface area contributed by atoms with Crippen molar-refractivity contribution in [3.63, 3.8) is 0 Å². The first-order valence-electron chi connectivity index (χ1n) is 6.33. The van der Waals surface area contributed by atoms with Gasteiger partial charge in [-0.05, 0) is 41.0 Å². The molecule has 0 saturated carbocycles. The van der Waals surface area contributed by atoms with Gasteiger partial charge in [0, 0.05) is 5.56 Å². The highest BCUT2D eigenvalue weighted by Gasteiger charge is 2.05. The van der Waals surface area contributed by atoms with Crippen molar-refractivity contribution in [2.24, 2.45) is 0 Å². The van der Waals surface area contributed by atoms with E-state index in [-0.39, 0.29) is 0 Å². The Morgan fingerprint density at radius 3 is 2.42 bits per heavy atom. The van der Waals surface area contributed by atoms with Gasteiger partial charge in [-0.15, -0.1) is 0 Å². The number of fused-ring (bicyclic) bond motifs is 1. The van der Waals surface area contributed by atoms with Crippen molar-refractivity contribution in [3.05, 3.63) is 71.8 Å². The van der Waals surface area contributed by atoms with Crippen LogP contribution in [0.3, 0.4) is 0 Å². The molecule has 0 N–H and O–H groups in total. The van der Waals surface area contributed by atoms with E-state index in [9.17, 15) is 4.79 Å². The van der Waals surface area contributed by atoms with Gasteiger partial charge in [-0.3, -0.25) is 4.79 Å². The van der Waals surface area contributed by atoms with Gasteiger partial charge in [-0.2, -0.15) is 0 Å². The predicted molar refractivity (Wildman–Crippen MR) is 79.5 cm³/mol. The summed E-state index contributed by atoms with van der Waals surface area (Å²) < 4.78 is 0. The average molecular weight is 246 g/mol. The molecule has 1 heteroatoms. The highest BCUT2D eigenvalue weighted by molar-refractivity contribution is 5.92. The Morgan fingerprint density at radius 2 is 1.63 bits per heavy atom. The van der Waals surface area contributed by atoms with Gasteiger partial charge in [0.25, 0.3) is 0 Å². The summed E-state index contributed by atoms with van der Waals surface area (Å²) in [7, 11) is 0. The van der Waals surface area contributed by atoms with E-state index in [1.807, 2.05) is 37.3 Å². The van der Waals surface area contributed by atoms with E-state index in [1.54, 1.807) is 0 Å². The van der Waals surface area contributed by atoms with Crippen LogP contribution in [0, 0.1) is 6.92 Å². The standard InChI is InChI=1S/C18H14O/c1-13-6-9-18(17(10-13)12-19)16-8-7-14-4-2-3-5-15(14)11-16/h2-12H,1H3. The molecular weight excluding hydrogens is 232 g/mol. The van der Waals surface area contributed by atoms with Crippen molar-refractivity contribution in [2.75, 3.05) is 0 Å². The summed E-state index contributed by atoms with van der Waals surface area (Å²) in [4.78, 5) is 11.2. The van der Waals surface area contributed by atoms with Gasteiger partial charge in [0.1, 0.15) is 0 Å². The second-order valence-electron chi connectivity index (χ2n) is 4.77. The Bertz CT molecular complexity index is 756. The van der Waals surface area contributed by atoms with Crippen LogP contribution in [-0.2, 0) is 0 Å². The van der Waals surface area contributed by atoms with E-state index in [4.69, 9.17) is 0 Å². The summed E-state index contributed by atoms with van der Waals surface area (Å²) in [6.45, 7) is 2.00. The Hall–Kier alpha value is -2.41. The van der Waals surface area contributed by atoms with Crippen LogP contribution in [0.4, 0.5) is 0 Å². The molecule has 0 aliphatic heterocycles. The third-order valence-electron chi connectivity index (χ3n) is 3.39. The highest BCUT2D eigenvalue weighted by atomic mass is 16.1. The number of hydrogen-bond acceptors (Lipinski definition) is 1. The van der Waals surface area contributed by atoms with E-state index in [0.717, 1.165) is 28.5 Å². The number of aldehydes is 1. The molecule has 19 heavy (non-hydrogen) atoms. The molecule has 0 amide bonds. The SMILES string of the molecule is Cc1ccc(-c2ccc3ccccc3c2)c(C=O)c1. The van der Waals surface area contributed by atoms with Crippen molar-refractivity contribution >= 4 is 17.1 Å². The lowest BCUT2D eigenvalue weighted by Gasteiger charge is -2.07. The first kappa shape index (κ1) is 11.7. The zero-order chi connectivity index (χ0) is 13.2. The van der Waals surface area contributed by atoms with E-state index < -0.39 is 0 Å². The van der Waals surface area contributed by atoms with E-state index in [0.29, 0.717) is 0 Å². The molecule has 0 radical (unpaired) electrons. The second kappa shape index (κ2) is 4.69. The van der Waals surface area contributed by atoms with Crippen molar-refractivity contribution < 1.29 is 4.79 Å². The van der Waals surface area contributed by atoms with Crippen LogP contribution in [0.15, 0.2) is 60.7 Å².